The predicted molar refractivity (Wildman–Crippen MR) is 44.5 cm³/mol. The van der Waals surface area contributed by atoms with Crippen molar-refractivity contribution >= 4 is 5.91 Å². The fourth-order valence-electron chi connectivity index (χ4n) is 2.06. The van der Waals surface area contributed by atoms with E-state index in [2.05, 4.69) is 5.32 Å². The van der Waals surface area contributed by atoms with E-state index in [-0.39, 0.29) is 11.6 Å². The SMILES string of the molecule is O=C1CCC[C@]2(CCCCO2)N1. The number of piperidine rings is 1. The van der Waals surface area contributed by atoms with Crippen molar-refractivity contribution in [3.63, 3.8) is 0 Å². The van der Waals surface area contributed by atoms with E-state index in [0.717, 1.165) is 32.3 Å². The van der Waals surface area contributed by atoms with Gasteiger partial charge in [0.15, 0.2) is 0 Å². The highest BCUT2D eigenvalue weighted by atomic mass is 16.5. The monoisotopic (exact) mass is 169 g/mol. The standard InChI is InChI=1S/C9H15NO2/c11-8-4-3-6-9(10-8)5-1-2-7-12-9/h1-7H2,(H,10,11)/t9-/m1/s1. The number of nitrogens with one attached hydrogen (secondary N) is 1. The van der Waals surface area contributed by atoms with Gasteiger partial charge in [0, 0.05) is 13.0 Å². The van der Waals surface area contributed by atoms with Crippen molar-refractivity contribution in [1.82, 2.24) is 5.32 Å². The molecule has 3 heteroatoms. The lowest BCUT2D eigenvalue weighted by Gasteiger charge is -2.40. The fourth-order valence-corrected chi connectivity index (χ4v) is 2.06. The summed E-state index contributed by atoms with van der Waals surface area (Å²) in [6.45, 7) is 0.806. The van der Waals surface area contributed by atoms with Crippen molar-refractivity contribution < 1.29 is 9.53 Å². The molecule has 0 aromatic rings. The molecule has 1 atom stereocenters. The van der Waals surface area contributed by atoms with Crippen LogP contribution in [0.15, 0.2) is 0 Å². The van der Waals surface area contributed by atoms with Crippen molar-refractivity contribution in [2.24, 2.45) is 0 Å². The van der Waals surface area contributed by atoms with Crippen molar-refractivity contribution in [3.05, 3.63) is 0 Å². The molecule has 0 aromatic carbocycles. The van der Waals surface area contributed by atoms with Crippen LogP contribution in [0.3, 0.4) is 0 Å². The Morgan fingerprint density at radius 3 is 2.75 bits per heavy atom. The number of carbonyl (C=O) groups excluding carboxylic acids is 1. The zero-order chi connectivity index (χ0) is 8.44. The van der Waals surface area contributed by atoms with Crippen LogP contribution in [0.1, 0.15) is 38.5 Å². The van der Waals surface area contributed by atoms with Gasteiger partial charge in [0.1, 0.15) is 5.72 Å². The molecule has 68 valence electrons. The zero-order valence-corrected chi connectivity index (χ0v) is 7.27. The minimum absolute atomic E-state index is 0.156. The maximum absolute atomic E-state index is 11.1. The average molecular weight is 169 g/mol. The molecule has 2 heterocycles. The van der Waals surface area contributed by atoms with Crippen LogP contribution < -0.4 is 5.32 Å². The Labute approximate surface area is 72.5 Å². The summed E-state index contributed by atoms with van der Waals surface area (Å²) in [6, 6.07) is 0. The van der Waals surface area contributed by atoms with E-state index in [4.69, 9.17) is 4.74 Å². The molecule has 1 N–H and O–H groups in total. The molecule has 0 aliphatic carbocycles. The lowest BCUT2D eigenvalue weighted by Crippen LogP contribution is -2.54. The second-order valence-corrected chi connectivity index (χ2v) is 3.70. The Hall–Kier alpha value is -0.570. The minimum Gasteiger partial charge on any atom is -0.356 e. The Morgan fingerprint density at radius 1 is 1.25 bits per heavy atom. The van der Waals surface area contributed by atoms with Gasteiger partial charge in [-0.05, 0) is 32.1 Å². The number of rotatable bonds is 0. The molecule has 0 bridgehead atoms. The largest absolute Gasteiger partial charge is 0.356 e. The Morgan fingerprint density at radius 2 is 2.08 bits per heavy atom. The van der Waals surface area contributed by atoms with E-state index >= 15 is 0 Å². The third-order valence-corrected chi connectivity index (χ3v) is 2.70. The van der Waals surface area contributed by atoms with Gasteiger partial charge in [-0.15, -0.1) is 0 Å². The first-order valence-corrected chi connectivity index (χ1v) is 4.76. The van der Waals surface area contributed by atoms with Crippen LogP contribution in [0.25, 0.3) is 0 Å². The van der Waals surface area contributed by atoms with E-state index in [0.29, 0.717) is 6.42 Å². The normalized spacial score (nSPS) is 36.5. The van der Waals surface area contributed by atoms with Gasteiger partial charge in [-0.25, -0.2) is 0 Å². The van der Waals surface area contributed by atoms with E-state index < -0.39 is 0 Å². The van der Waals surface area contributed by atoms with Crippen molar-refractivity contribution in [2.75, 3.05) is 6.61 Å². The molecular formula is C9H15NO2. The summed E-state index contributed by atoms with van der Waals surface area (Å²) in [6.07, 6.45) is 5.96. The van der Waals surface area contributed by atoms with Gasteiger partial charge >= 0.3 is 0 Å². The zero-order valence-electron chi connectivity index (χ0n) is 7.27. The van der Waals surface area contributed by atoms with Crippen molar-refractivity contribution in [2.45, 2.75) is 44.2 Å². The molecule has 0 saturated carbocycles. The first-order valence-electron chi connectivity index (χ1n) is 4.76. The minimum atomic E-state index is -0.270. The van der Waals surface area contributed by atoms with Crippen LogP contribution in [0.5, 0.6) is 0 Å². The molecule has 1 amide bonds. The summed E-state index contributed by atoms with van der Waals surface area (Å²) in [5.74, 6) is 0.156. The smallest absolute Gasteiger partial charge is 0.222 e. The van der Waals surface area contributed by atoms with Gasteiger partial charge in [0.25, 0.3) is 0 Å². The third kappa shape index (κ3) is 1.46. The number of hydrogen-bond acceptors (Lipinski definition) is 2. The van der Waals surface area contributed by atoms with E-state index in [1.54, 1.807) is 0 Å². The van der Waals surface area contributed by atoms with Gasteiger partial charge in [-0.3, -0.25) is 4.79 Å². The van der Waals surface area contributed by atoms with E-state index in [1.165, 1.54) is 6.42 Å². The maximum atomic E-state index is 11.1. The Balaban J connectivity index is 2.02. The molecule has 2 fully saturated rings. The molecule has 2 aliphatic heterocycles. The molecule has 0 radical (unpaired) electrons. The lowest BCUT2D eigenvalue weighted by molar-refractivity contribution is -0.150. The molecule has 2 aliphatic rings. The van der Waals surface area contributed by atoms with Gasteiger partial charge < -0.3 is 10.1 Å². The Kier molecular flexibility index (Phi) is 2.05. The summed E-state index contributed by atoms with van der Waals surface area (Å²) >= 11 is 0. The van der Waals surface area contributed by atoms with Gasteiger partial charge in [0.2, 0.25) is 5.91 Å². The summed E-state index contributed by atoms with van der Waals surface area (Å²) in [5, 5.41) is 2.97. The summed E-state index contributed by atoms with van der Waals surface area (Å²) in [7, 11) is 0. The van der Waals surface area contributed by atoms with Crippen molar-refractivity contribution in [1.29, 1.82) is 0 Å². The Bertz CT molecular complexity index is 179. The van der Waals surface area contributed by atoms with Crippen LogP contribution in [-0.4, -0.2) is 18.2 Å². The third-order valence-electron chi connectivity index (χ3n) is 2.70. The molecule has 12 heavy (non-hydrogen) atoms. The quantitative estimate of drug-likeness (QED) is 0.591. The molecule has 3 nitrogen and oxygen atoms in total. The number of amides is 1. The van der Waals surface area contributed by atoms with Gasteiger partial charge in [-0.2, -0.15) is 0 Å². The second kappa shape index (κ2) is 3.05. The van der Waals surface area contributed by atoms with E-state index in [9.17, 15) is 4.79 Å². The first kappa shape index (κ1) is 8.05. The average Bonchev–Trinajstić information content (AvgIpc) is 2.05. The predicted octanol–water partition coefficient (Wildman–Crippen LogP) is 1.18. The van der Waals surface area contributed by atoms with Crippen LogP contribution in [0.4, 0.5) is 0 Å². The molecule has 2 rings (SSSR count). The van der Waals surface area contributed by atoms with Gasteiger partial charge in [-0.1, -0.05) is 0 Å². The number of carbonyl (C=O) groups is 1. The molecule has 1 spiro atoms. The van der Waals surface area contributed by atoms with Gasteiger partial charge in [0.05, 0.1) is 0 Å². The first-order chi connectivity index (χ1) is 5.81. The summed E-state index contributed by atoms with van der Waals surface area (Å²) < 4.78 is 5.64. The van der Waals surface area contributed by atoms with Crippen LogP contribution >= 0.6 is 0 Å². The van der Waals surface area contributed by atoms with Crippen LogP contribution in [0, 0.1) is 0 Å². The highest BCUT2D eigenvalue weighted by Crippen LogP contribution is 2.30. The lowest BCUT2D eigenvalue weighted by atomic mass is 9.93. The summed E-state index contributed by atoms with van der Waals surface area (Å²) in [5.41, 5.74) is -0.270. The molecule has 2 saturated heterocycles. The van der Waals surface area contributed by atoms with E-state index in [1.807, 2.05) is 0 Å². The fraction of sp³-hybridized carbons (Fsp3) is 0.889. The number of hydrogen-bond donors (Lipinski definition) is 1. The topological polar surface area (TPSA) is 38.3 Å². The highest BCUT2D eigenvalue weighted by molar-refractivity contribution is 5.77. The summed E-state index contributed by atoms with van der Waals surface area (Å²) in [4.78, 5) is 11.1. The molecule has 0 unspecified atom stereocenters. The van der Waals surface area contributed by atoms with Crippen LogP contribution in [0.2, 0.25) is 0 Å². The molecule has 0 aromatic heterocycles. The highest BCUT2D eigenvalue weighted by Gasteiger charge is 2.36. The molecular weight excluding hydrogens is 154 g/mol. The second-order valence-electron chi connectivity index (χ2n) is 3.70. The van der Waals surface area contributed by atoms with Crippen LogP contribution in [-0.2, 0) is 9.53 Å². The maximum Gasteiger partial charge on any atom is 0.222 e. The van der Waals surface area contributed by atoms with Crippen molar-refractivity contribution in [3.8, 4) is 0 Å². The number of ether oxygens (including phenoxy) is 1.